The van der Waals surface area contributed by atoms with E-state index in [0.29, 0.717) is 18.3 Å². The van der Waals surface area contributed by atoms with Crippen LogP contribution in [0.1, 0.15) is 6.42 Å². The van der Waals surface area contributed by atoms with Crippen molar-refractivity contribution in [3.05, 3.63) is 0 Å². The number of fused-ring (bicyclic) bond motifs is 3. The number of epoxide rings is 1. The predicted molar refractivity (Wildman–Crippen MR) is 26.5 cm³/mol. The van der Waals surface area contributed by atoms with Crippen LogP contribution in [-0.2, 0) is 9.47 Å². The quantitative estimate of drug-likeness (QED) is 0.417. The summed E-state index contributed by atoms with van der Waals surface area (Å²) in [5.41, 5.74) is 0. The van der Waals surface area contributed by atoms with Crippen molar-refractivity contribution in [2.24, 2.45) is 5.92 Å². The zero-order valence-corrected chi connectivity index (χ0v) is 4.54. The van der Waals surface area contributed by atoms with Gasteiger partial charge in [0.1, 0.15) is 0 Å². The van der Waals surface area contributed by atoms with Crippen LogP contribution in [0.15, 0.2) is 0 Å². The van der Waals surface area contributed by atoms with Crippen LogP contribution in [0.4, 0.5) is 0 Å². The molecule has 0 aromatic heterocycles. The highest BCUT2D eigenvalue weighted by Crippen LogP contribution is 2.49. The Bertz CT molecular complexity index is 130. The molecule has 3 aliphatic rings. The Morgan fingerprint density at radius 2 is 2.25 bits per heavy atom. The van der Waals surface area contributed by atoms with Gasteiger partial charge in [-0.3, -0.25) is 0 Å². The van der Waals surface area contributed by atoms with Crippen LogP contribution in [0.3, 0.4) is 0 Å². The van der Waals surface area contributed by atoms with E-state index in [9.17, 15) is 0 Å². The Morgan fingerprint density at radius 3 is 2.62 bits per heavy atom. The Morgan fingerprint density at radius 1 is 1.25 bits per heavy atom. The van der Waals surface area contributed by atoms with Crippen LogP contribution in [0.25, 0.3) is 0 Å². The van der Waals surface area contributed by atoms with Crippen LogP contribution in [-0.4, -0.2) is 24.9 Å². The number of hydrogen-bond donors (Lipinski definition) is 0. The van der Waals surface area contributed by atoms with Gasteiger partial charge in [-0.2, -0.15) is 0 Å². The second kappa shape index (κ2) is 0.957. The summed E-state index contributed by atoms with van der Waals surface area (Å²) in [6.07, 6.45) is 3.00. The standard InChI is InChI=1S/C6H8O2/c1-4-3(2-7-4)6-5(1)8-6/h3-6H,1-2H2/t3-,4-,5-,6-/m1/s1. The van der Waals surface area contributed by atoms with E-state index in [1.807, 2.05) is 0 Å². The molecule has 2 heteroatoms. The molecular weight excluding hydrogens is 104 g/mol. The Kier molecular flexibility index (Phi) is 0.461. The third-order valence-electron chi connectivity index (χ3n) is 2.49. The molecule has 0 amide bonds. The van der Waals surface area contributed by atoms with E-state index in [1.54, 1.807) is 0 Å². The molecule has 2 aliphatic heterocycles. The van der Waals surface area contributed by atoms with Crippen molar-refractivity contribution in [2.45, 2.75) is 24.7 Å². The maximum Gasteiger partial charge on any atom is 0.0917 e. The molecule has 0 spiro atoms. The fraction of sp³-hybridized carbons (Fsp3) is 1.00. The monoisotopic (exact) mass is 112 g/mol. The first-order valence-electron chi connectivity index (χ1n) is 3.22. The van der Waals surface area contributed by atoms with Crippen molar-refractivity contribution in [3.8, 4) is 0 Å². The lowest BCUT2D eigenvalue weighted by Gasteiger charge is -2.31. The maximum atomic E-state index is 5.31. The molecule has 0 unspecified atom stereocenters. The van der Waals surface area contributed by atoms with E-state index in [0.717, 1.165) is 12.5 Å². The lowest BCUT2D eigenvalue weighted by Crippen LogP contribution is -2.39. The minimum atomic E-state index is 0.596. The summed E-state index contributed by atoms with van der Waals surface area (Å²) in [6.45, 7) is 0.964. The lowest BCUT2D eigenvalue weighted by atomic mass is 10.0. The average Bonchev–Trinajstić information content (AvgIpc) is 2.34. The normalized spacial score (nSPS) is 66.0. The first-order valence-corrected chi connectivity index (χ1v) is 3.22. The van der Waals surface area contributed by atoms with Gasteiger partial charge >= 0.3 is 0 Å². The van der Waals surface area contributed by atoms with Crippen LogP contribution in [0, 0.1) is 5.92 Å². The Labute approximate surface area is 47.8 Å². The van der Waals surface area contributed by atoms with E-state index in [1.165, 1.54) is 6.42 Å². The molecule has 2 heterocycles. The maximum absolute atomic E-state index is 5.31. The molecule has 3 fully saturated rings. The van der Waals surface area contributed by atoms with Gasteiger partial charge in [-0.25, -0.2) is 0 Å². The van der Waals surface area contributed by atoms with Crippen LogP contribution in [0.5, 0.6) is 0 Å². The van der Waals surface area contributed by atoms with Crippen molar-refractivity contribution in [1.29, 1.82) is 0 Å². The molecule has 0 aromatic carbocycles. The molecule has 3 rings (SSSR count). The summed E-state index contributed by atoms with van der Waals surface area (Å²) in [5, 5.41) is 0. The minimum absolute atomic E-state index is 0.596. The van der Waals surface area contributed by atoms with Crippen molar-refractivity contribution >= 4 is 0 Å². The number of hydrogen-bond acceptors (Lipinski definition) is 2. The zero-order chi connectivity index (χ0) is 5.14. The van der Waals surface area contributed by atoms with E-state index < -0.39 is 0 Å². The second-order valence-corrected chi connectivity index (χ2v) is 2.91. The van der Waals surface area contributed by atoms with Crippen molar-refractivity contribution in [3.63, 3.8) is 0 Å². The largest absolute Gasteiger partial charge is 0.377 e. The molecule has 0 radical (unpaired) electrons. The van der Waals surface area contributed by atoms with Crippen LogP contribution < -0.4 is 0 Å². The highest BCUT2D eigenvalue weighted by atomic mass is 16.6. The predicted octanol–water partition coefficient (Wildman–Crippen LogP) is 0.172. The average molecular weight is 112 g/mol. The minimum Gasteiger partial charge on any atom is -0.377 e. The second-order valence-electron chi connectivity index (χ2n) is 2.91. The molecule has 0 bridgehead atoms. The van der Waals surface area contributed by atoms with Gasteiger partial charge in [-0.05, 0) is 0 Å². The number of rotatable bonds is 0. The summed E-state index contributed by atoms with van der Waals surface area (Å²) < 4.78 is 10.6. The first-order chi connectivity index (χ1) is 3.95. The molecule has 2 nitrogen and oxygen atoms in total. The molecule has 1 aliphatic carbocycles. The fourth-order valence-electron chi connectivity index (χ4n) is 1.84. The van der Waals surface area contributed by atoms with Gasteiger partial charge in [0, 0.05) is 12.3 Å². The molecule has 0 aromatic rings. The van der Waals surface area contributed by atoms with Gasteiger partial charge in [0.05, 0.1) is 24.9 Å². The molecule has 1 saturated carbocycles. The smallest absolute Gasteiger partial charge is 0.0917 e. The van der Waals surface area contributed by atoms with Gasteiger partial charge < -0.3 is 9.47 Å². The van der Waals surface area contributed by atoms with Crippen molar-refractivity contribution < 1.29 is 9.47 Å². The molecular formula is C6H8O2. The third kappa shape index (κ3) is 0.273. The van der Waals surface area contributed by atoms with Crippen molar-refractivity contribution in [1.82, 2.24) is 0 Å². The SMILES string of the molecule is C1O[C@@H]2C[C@H]3O[C@@H]3[C@H]12. The summed E-state index contributed by atoms with van der Waals surface area (Å²) >= 11 is 0. The summed E-state index contributed by atoms with van der Waals surface area (Å²) in [4.78, 5) is 0. The molecule has 0 N–H and O–H groups in total. The van der Waals surface area contributed by atoms with Gasteiger partial charge in [-0.15, -0.1) is 0 Å². The Balaban J connectivity index is 1.92. The molecule has 4 atom stereocenters. The van der Waals surface area contributed by atoms with Gasteiger partial charge in [0.25, 0.3) is 0 Å². The molecule has 8 heavy (non-hydrogen) atoms. The molecule has 44 valence electrons. The van der Waals surface area contributed by atoms with Gasteiger partial charge in [-0.1, -0.05) is 0 Å². The molecule has 2 saturated heterocycles. The van der Waals surface area contributed by atoms with E-state index in [-0.39, 0.29) is 0 Å². The number of ether oxygens (including phenoxy) is 2. The van der Waals surface area contributed by atoms with Gasteiger partial charge in [0.15, 0.2) is 0 Å². The lowest BCUT2D eigenvalue weighted by molar-refractivity contribution is -0.122. The third-order valence-corrected chi connectivity index (χ3v) is 2.49. The van der Waals surface area contributed by atoms with Crippen LogP contribution >= 0.6 is 0 Å². The first kappa shape index (κ1) is 3.85. The van der Waals surface area contributed by atoms with E-state index >= 15 is 0 Å². The topological polar surface area (TPSA) is 21.8 Å². The van der Waals surface area contributed by atoms with Crippen molar-refractivity contribution in [2.75, 3.05) is 6.61 Å². The highest BCUT2D eigenvalue weighted by Gasteiger charge is 2.60. The fourth-order valence-corrected chi connectivity index (χ4v) is 1.84. The van der Waals surface area contributed by atoms with E-state index in [4.69, 9.17) is 9.47 Å². The van der Waals surface area contributed by atoms with Gasteiger partial charge in [0.2, 0.25) is 0 Å². The highest BCUT2D eigenvalue weighted by molar-refractivity contribution is 5.06. The Hall–Kier alpha value is -0.0800. The summed E-state index contributed by atoms with van der Waals surface area (Å²) in [6, 6.07) is 0. The summed E-state index contributed by atoms with van der Waals surface area (Å²) in [5.74, 6) is 0.792. The van der Waals surface area contributed by atoms with E-state index in [2.05, 4.69) is 0 Å². The summed E-state index contributed by atoms with van der Waals surface area (Å²) in [7, 11) is 0. The zero-order valence-electron chi connectivity index (χ0n) is 4.54. The van der Waals surface area contributed by atoms with Crippen LogP contribution in [0.2, 0.25) is 0 Å².